The molecule has 5 aromatic rings. The van der Waals surface area contributed by atoms with Gasteiger partial charge in [0.15, 0.2) is 0 Å². The Morgan fingerprint density at radius 3 is 2.72 bits per heavy atom. The maximum atomic E-state index is 14.6. The first kappa shape index (κ1) is 26.1. The lowest BCUT2D eigenvalue weighted by molar-refractivity contribution is 0.586. The van der Waals surface area contributed by atoms with Crippen LogP contribution in [0.1, 0.15) is 23.6 Å². The number of nitrogen functional groups attached to an aromatic ring is 1. The summed E-state index contributed by atoms with van der Waals surface area (Å²) in [6.07, 6.45) is 8.35. The highest BCUT2D eigenvalue weighted by molar-refractivity contribution is 7.88. The number of anilines is 1. The maximum absolute atomic E-state index is 14.6. The van der Waals surface area contributed by atoms with E-state index in [1.165, 1.54) is 12.1 Å². The number of pyridine rings is 1. The lowest BCUT2D eigenvalue weighted by Gasteiger charge is -2.10. The van der Waals surface area contributed by atoms with Gasteiger partial charge in [-0.1, -0.05) is 30.4 Å². The fourth-order valence-corrected chi connectivity index (χ4v) is 4.82. The van der Waals surface area contributed by atoms with Gasteiger partial charge in [-0.15, -0.1) is 0 Å². The van der Waals surface area contributed by atoms with Crippen LogP contribution < -0.4 is 10.5 Å². The van der Waals surface area contributed by atoms with Gasteiger partial charge in [0.05, 0.1) is 23.2 Å². The standard InChI is InChI=1S/C29H27FN6O2S/c1-3-4-7-22(20-12-18(13-21(30)14-20)17-33-39(2,37)38)23-16-27(34-29(23)31)28-24-15-19(9-10-26(24)35-36-28)25-8-5-6-11-32-25/h3-16,33-34H,17,31H2,1-2H3,(H,35,36)/b4-3?,22-7-. The number of sulfonamides is 1. The molecule has 198 valence electrons. The molecule has 3 aromatic heterocycles. The molecule has 10 heteroatoms. The summed E-state index contributed by atoms with van der Waals surface area (Å²) in [6, 6.07) is 18.0. The van der Waals surface area contributed by atoms with Gasteiger partial charge in [0, 0.05) is 29.3 Å². The number of rotatable bonds is 8. The zero-order valence-electron chi connectivity index (χ0n) is 21.4. The van der Waals surface area contributed by atoms with E-state index < -0.39 is 15.8 Å². The number of hydrogen-bond acceptors (Lipinski definition) is 5. The van der Waals surface area contributed by atoms with Gasteiger partial charge in [-0.2, -0.15) is 5.10 Å². The van der Waals surface area contributed by atoms with E-state index in [9.17, 15) is 12.8 Å². The molecule has 5 N–H and O–H groups in total. The Morgan fingerprint density at radius 1 is 1.13 bits per heavy atom. The van der Waals surface area contributed by atoms with E-state index in [1.54, 1.807) is 12.3 Å². The molecule has 0 aliphatic carbocycles. The summed E-state index contributed by atoms with van der Waals surface area (Å²) in [6.45, 7) is 1.84. The molecule has 0 saturated carbocycles. The number of nitrogens with zero attached hydrogens (tertiary/aromatic N) is 2. The fraction of sp³-hybridized carbons (Fsp3) is 0.103. The summed E-state index contributed by atoms with van der Waals surface area (Å²) in [4.78, 5) is 7.67. The van der Waals surface area contributed by atoms with Crippen LogP contribution in [0.3, 0.4) is 0 Å². The van der Waals surface area contributed by atoms with E-state index in [4.69, 9.17) is 5.73 Å². The van der Waals surface area contributed by atoms with Gasteiger partial charge >= 0.3 is 0 Å². The highest BCUT2D eigenvalue weighted by Gasteiger charge is 2.18. The number of aromatic nitrogens is 4. The van der Waals surface area contributed by atoms with E-state index in [1.807, 2.05) is 67.6 Å². The van der Waals surface area contributed by atoms with E-state index in [-0.39, 0.29) is 6.54 Å². The van der Waals surface area contributed by atoms with Gasteiger partial charge in [0.2, 0.25) is 10.0 Å². The van der Waals surface area contributed by atoms with Gasteiger partial charge in [-0.3, -0.25) is 10.1 Å². The van der Waals surface area contributed by atoms with Crippen molar-refractivity contribution in [3.8, 4) is 22.6 Å². The SMILES string of the molecule is CC=C/C=C(/c1cc(F)cc(CNS(C)(=O)=O)c1)c1cc(-c2n[nH]c3ccc(-c4ccccn4)cc23)[nH]c1N. The van der Waals surface area contributed by atoms with Crippen molar-refractivity contribution < 1.29 is 12.8 Å². The normalized spacial score (nSPS) is 12.5. The molecule has 2 aromatic carbocycles. The van der Waals surface area contributed by atoms with Crippen molar-refractivity contribution in [1.82, 2.24) is 24.9 Å². The number of hydrogen-bond donors (Lipinski definition) is 4. The van der Waals surface area contributed by atoms with Crippen LogP contribution in [0, 0.1) is 5.82 Å². The molecule has 39 heavy (non-hydrogen) atoms. The third-order valence-corrected chi connectivity index (χ3v) is 6.85. The largest absolute Gasteiger partial charge is 0.385 e. The average Bonchev–Trinajstić information content (AvgIpc) is 3.50. The second kappa shape index (κ2) is 10.7. The molecule has 5 rings (SSSR count). The van der Waals surface area contributed by atoms with Crippen LogP contribution in [0.2, 0.25) is 0 Å². The zero-order valence-corrected chi connectivity index (χ0v) is 22.2. The summed E-state index contributed by atoms with van der Waals surface area (Å²) in [5.74, 6) is -0.100. The van der Waals surface area contributed by atoms with E-state index in [0.29, 0.717) is 39.5 Å². The Bertz CT molecular complexity index is 1820. The smallest absolute Gasteiger partial charge is 0.209 e. The van der Waals surface area contributed by atoms with Crippen molar-refractivity contribution in [2.24, 2.45) is 0 Å². The molecule has 0 radical (unpaired) electrons. The Kier molecular flexibility index (Phi) is 7.14. The highest BCUT2D eigenvalue weighted by Crippen LogP contribution is 2.35. The summed E-state index contributed by atoms with van der Waals surface area (Å²) < 4.78 is 40.2. The predicted molar refractivity (Wildman–Crippen MR) is 154 cm³/mol. The second-order valence-electron chi connectivity index (χ2n) is 9.11. The molecule has 0 fully saturated rings. The molecule has 8 nitrogen and oxygen atoms in total. The van der Waals surface area contributed by atoms with Gasteiger partial charge in [0.25, 0.3) is 0 Å². The molecular weight excluding hydrogens is 515 g/mol. The monoisotopic (exact) mass is 542 g/mol. The molecule has 0 atom stereocenters. The molecular formula is C29H27FN6O2S. The number of H-pyrrole nitrogens is 2. The van der Waals surface area contributed by atoms with Crippen molar-refractivity contribution >= 4 is 32.3 Å². The van der Waals surface area contributed by atoms with Gasteiger partial charge in [-0.25, -0.2) is 17.5 Å². The Labute approximate surface area is 225 Å². The third kappa shape index (κ3) is 5.82. The fourth-order valence-electron chi connectivity index (χ4n) is 4.39. The van der Waals surface area contributed by atoms with Gasteiger partial charge < -0.3 is 10.7 Å². The summed E-state index contributed by atoms with van der Waals surface area (Å²) in [5.41, 5.74) is 12.9. The zero-order chi connectivity index (χ0) is 27.6. The van der Waals surface area contributed by atoms with Crippen molar-refractivity contribution in [2.75, 3.05) is 12.0 Å². The van der Waals surface area contributed by atoms with Crippen molar-refractivity contribution in [3.63, 3.8) is 0 Å². The van der Waals surface area contributed by atoms with Crippen LogP contribution in [-0.4, -0.2) is 34.8 Å². The van der Waals surface area contributed by atoms with Crippen molar-refractivity contribution in [3.05, 3.63) is 108 Å². The van der Waals surface area contributed by atoms with Crippen LogP contribution in [0.15, 0.2) is 85.1 Å². The highest BCUT2D eigenvalue weighted by atomic mass is 32.2. The van der Waals surface area contributed by atoms with E-state index in [2.05, 4.69) is 24.9 Å². The molecule has 0 amide bonds. The minimum Gasteiger partial charge on any atom is -0.385 e. The Balaban J connectivity index is 1.57. The minimum atomic E-state index is -3.44. The van der Waals surface area contributed by atoms with Gasteiger partial charge in [0.1, 0.15) is 17.3 Å². The van der Waals surface area contributed by atoms with Crippen LogP contribution in [0.5, 0.6) is 0 Å². The average molecular weight is 543 g/mol. The first-order valence-corrected chi connectivity index (χ1v) is 14.1. The molecule has 0 aliphatic rings. The van der Waals surface area contributed by atoms with E-state index >= 15 is 0 Å². The van der Waals surface area contributed by atoms with Crippen LogP contribution in [0.4, 0.5) is 10.2 Å². The van der Waals surface area contributed by atoms with Crippen molar-refractivity contribution in [2.45, 2.75) is 13.5 Å². The summed E-state index contributed by atoms with van der Waals surface area (Å²) in [5, 5.41) is 8.49. The quantitative estimate of drug-likeness (QED) is 0.195. The summed E-state index contributed by atoms with van der Waals surface area (Å²) >= 11 is 0. The predicted octanol–water partition coefficient (Wildman–Crippen LogP) is 5.40. The molecule has 0 bridgehead atoms. The lowest BCUT2D eigenvalue weighted by atomic mass is 9.96. The number of nitrogens with two attached hydrogens (primary N) is 1. The molecule has 3 heterocycles. The Morgan fingerprint density at radius 2 is 1.97 bits per heavy atom. The number of fused-ring (bicyclic) bond motifs is 1. The Hall–Kier alpha value is -4.54. The third-order valence-electron chi connectivity index (χ3n) is 6.18. The van der Waals surface area contributed by atoms with Crippen LogP contribution >= 0.6 is 0 Å². The number of halogens is 1. The number of allylic oxidation sites excluding steroid dienone is 3. The molecule has 0 spiro atoms. The van der Waals surface area contributed by atoms with Crippen LogP contribution in [-0.2, 0) is 16.6 Å². The topological polar surface area (TPSA) is 130 Å². The number of aromatic amines is 2. The second-order valence-corrected chi connectivity index (χ2v) is 10.9. The first-order chi connectivity index (χ1) is 18.7. The van der Waals surface area contributed by atoms with E-state index in [0.717, 1.165) is 28.4 Å². The number of nitrogens with one attached hydrogen (secondary N) is 3. The first-order valence-electron chi connectivity index (χ1n) is 12.2. The maximum Gasteiger partial charge on any atom is 0.209 e. The van der Waals surface area contributed by atoms with Gasteiger partial charge in [-0.05, 0) is 72.2 Å². The molecule has 0 aliphatic heterocycles. The van der Waals surface area contributed by atoms with Crippen LogP contribution in [0.25, 0.3) is 39.1 Å². The number of benzene rings is 2. The molecule has 0 saturated heterocycles. The minimum absolute atomic E-state index is 0.0355. The lowest BCUT2D eigenvalue weighted by Crippen LogP contribution is -2.21. The molecule has 0 unspecified atom stereocenters. The summed E-state index contributed by atoms with van der Waals surface area (Å²) in [7, 11) is -3.44. The van der Waals surface area contributed by atoms with Crippen molar-refractivity contribution in [1.29, 1.82) is 0 Å².